The Morgan fingerprint density at radius 1 is 0.822 bits per heavy atom. The zero-order chi connectivity index (χ0) is 32.4. The summed E-state index contributed by atoms with van der Waals surface area (Å²) in [6.45, 7) is 1.37. The molecule has 0 aliphatic rings. The van der Waals surface area contributed by atoms with E-state index < -0.39 is 40.2 Å². The molecule has 0 heterocycles. The fourth-order valence-electron chi connectivity index (χ4n) is 4.86. The molecule has 0 aromatic heterocycles. The minimum absolute atomic E-state index is 0.0725. The van der Waals surface area contributed by atoms with E-state index in [1.165, 1.54) is 67.7 Å². The van der Waals surface area contributed by atoms with Crippen LogP contribution in [0.4, 0.5) is 10.1 Å². The van der Waals surface area contributed by atoms with Crippen molar-refractivity contribution in [1.82, 2.24) is 10.2 Å². The van der Waals surface area contributed by atoms with Crippen LogP contribution in [0.3, 0.4) is 0 Å². The van der Waals surface area contributed by atoms with Gasteiger partial charge in [-0.25, -0.2) is 12.8 Å². The standard InChI is InChI=1S/C34H36FN3O6S/c1-4-36-34(40)31(22-25-10-6-5-7-11-25)37(23-26-14-16-27(35)17-15-26)33(39)24-38(30-12-8-9-13-32(30)44-3)45(41,42)29-20-18-28(43-2)19-21-29/h5-21,31H,4,22-24H2,1-3H3,(H,36,40)/t31-/m0/s1. The molecule has 0 unspecified atom stereocenters. The number of hydrogen-bond donors (Lipinski definition) is 1. The van der Waals surface area contributed by atoms with Gasteiger partial charge in [-0.2, -0.15) is 0 Å². The number of ether oxygens (including phenoxy) is 2. The van der Waals surface area contributed by atoms with E-state index in [1.807, 2.05) is 30.3 Å². The molecule has 0 aliphatic heterocycles. The van der Waals surface area contributed by atoms with E-state index in [0.717, 1.165) is 9.87 Å². The summed E-state index contributed by atoms with van der Waals surface area (Å²) in [5, 5.41) is 2.81. The predicted octanol–water partition coefficient (Wildman–Crippen LogP) is 4.81. The number of carbonyl (C=O) groups is 2. The molecule has 9 nitrogen and oxygen atoms in total. The van der Waals surface area contributed by atoms with E-state index in [4.69, 9.17) is 9.47 Å². The Morgan fingerprint density at radius 3 is 2.09 bits per heavy atom. The number of nitrogens with one attached hydrogen (secondary N) is 1. The number of anilines is 1. The maximum absolute atomic E-state index is 14.4. The molecule has 0 saturated carbocycles. The molecule has 1 atom stereocenters. The zero-order valence-electron chi connectivity index (χ0n) is 25.4. The maximum atomic E-state index is 14.4. The van der Waals surface area contributed by atoms with Crippen molar-refractivity contribution in [2.75, 3.05) is 31.6 Å². The van der Waals surface area contributed by atoms with Gasteiger partial charge in [0.2, 0.25) is 11.8 Å². The average Bonchev–Trinajstić information content (AvgIpc) is 3.06. The number of para-hydroxylation sites is 2. The lowest BCUT2D eigenvalue weighted by Gasteiger charge is -2.34. The minimum Gasteiger partial charge on any atom is -0.497 e. The van der Waals surface area contributed by atoms with Gasteiger partial charge in [-0.15, -0.1) is 0 Å². The van der Waals surface area contributed by atoms with Gasteiger partial charge in [-0.1, -0.05) is 54.6 Å². The van der Waals surface area contributed by atoms with Gasteiger partial charge in [0.05, 0.1) is 24.8 Å². The van der Waals surface area contributed by atoms with Crippen LogP contribution in [-0.4, -0.2) is 58.5 Å². The highest BCUT2D eigenvalue weighted by atomic mass is 32.2. The second-order valence-corrected chi connectivity index (χ2v) is 12.0. The number of amides is 2. The van der Waals surface area contributed by atoms with Crippen molar-refractivity contribution in [3.05, 3.63) is 120 Å². The molecule has 0 fully saturated rings. The summed E-state index contributed by atoms with van der Waals surface area (Å²) in [5.74, 6) is -0.802. The molecule has 236 valence electrons. The number of hydrogen-bond acceptors (Lipinski definition) is 6. The number of benzene rings is 4. The summed E-state index contributed by atoms with van der Waals surface area (Å²) in [6.07, 6.45) is 0.166. The molecule has 0 bridgehead atoms. The lowest BCUT2D eigenvalue weighted by atomic mass is 10.0. The van der Waals surface area contributed by atoms with Gasteiger partial charge in [0.25, 0.3) is 10.0 Å². The molecule has 0 aliphatic carbocycles. The van der Waals surface area contributed by atoms with Crippen molar-refractivity contribution in [2.45, 2.75) is 30.8 Å². The predicted molar refractivity (Wildman–Crippen MR) is 170 cm³/mol. The lowest BCUT2D eigenvalue weighted by molar-refractivity contribution is -0.140. The van der Waals surface area contributed by atoms with Gasteiger partial charge in [-0.05, 0) is 66.6 Å². The third kappa shape index (κ3) is 8.18. The van der Waals surface area contributed by atoms with E-state index in [0.29, 0.717) is 17.9 Å². The number of likely N-dealkylation sites (N-methyl/N-ethyl adjacent to an activating group) is 1. The Hall–Kier alpha value is -4.90. The monoisotopic (exact) mass is 633 g/mol. The van der Waals surface area contributed by atoms with E-state index in [2.05, 4.69) is 5.32 Å². The molecule has 4 rings (SSSR count). The van der Waals surface area contributed by atoms with Gasteiger partial charge in [0, 0.05) is 19.5 Å². The number of halogens is 1. The van der Waals surface area contributed by atoms with Crippen LogP contribution in [0, 0.1) is 5.82 Å². The molecule has 0 saturated heterocycles. The van der Waals surface area contributed by atoms with Crippen LogP contribution in [0.2, 0.25) is 0 Å². The van der Waals surface area contributed by atoms with Crippen molar-refractivity contribution in [2.24, 2.45) is 0 Å². The number of methoxy groups -OCH3 is 2. The Kier molecular flexibility index (Phi) is 11.2. The van der Waals surface area contributed by atoms with Crippen molar-refractivity contribution in [3.8, 4) is 11.5 Å². The lowest BCUT2D eigenvalue weighted by Crippen LogP contribution is -2.53. The van der Waals surface area contributed by atoms with Crippen LogP contribution in [-0.2, 0) is 32.6 Å². The average molecular weight is 634 g/mol. The highest BCUT2D eigenvalue weighted by Gasteiger charge is 2.35. The summed E-state index contributed by atoms with van der Waals surface area (Å²) >= 11 is 0. The fourth-order valence-corrected chi connectivity index (χ4v) is 6.28. The number of rotatable bonds is 14. The smallest absolute Gasteiger partial charge is 0.264 e. The quantitative estimate of drug-likeness (QED) is 0.214. The number of nitrogens with zero attached hydrogens (tertiary/aromatic N) is 2. The molecule has 4 aromatic carbocycles. The van der Waals surface area contributed by atoms with Crippen LogP contribution in [0.5, 0.6) is 11.5 Å². The molecule has 2 amide bonds. The van der Waals surface area contributed by atoms with Gasteiger partial charge in [0.1, 0.15) is 29.9 Å². The van der Waals surface area contributed by atoms with Crippen LogP contribution in [0.1, 0.15) is 18.1 Å². The molecule has 4 aromatic rings. The first kappa shape index (κ1) is 33.0. The van der Waals surface area contributed by atoms with Crippen LogP contribution in [0.25, 0.3) is 0 Å². The van der Waals surface area contributed by atoms with Gasteiger partial charge in [0.15, 0.2) is 0 Å². The summed E-state index contributed by atoms with van der Waals surface area (Å²) in [4.78, 5) is 29.2. The third-order valence-corrected chi connectivity index (χ3v) is 8.94. The first-order chi connectivity index (χ1) is 21.7. The fraction of sp³-hybridized carbons (Fsp3) is 0.235. The Bertz CT molecular complexity index is 1680. The highest BCUT2D eigenvalue weighted by molar-refractivity contribution is 7.92. The third-order valence-electron chi connectivity index (χ3n) is 7.17. The molecule has 0 spiro atoms. The zero-order valence-corrected chi connectivity index (χ0v) is 26.2. The Labute approximate surface area is 263 Å². The normalized spacial score (nSPS) is 11.7. The van der Waals surface area contributed by atoms with Crippen molar-refractivity contribution < 1.29 is 31.9 Å². The van der Waals surface area contributed by atoms with E-state index in [1.54, 1.807) is 31.2 Å². The van der Waals surface area contributed by atoms with Crippen molar-refractivity contribution >= 4 is 27.5 Å². The summed E-state index contributed by atoms with van der Waals surface area (Å²) in [6, 6.07) is 26.1. The summed E-state index contributed by atoms with van der Waals surface area (Å²) in [5.41, 5.74) is 1.51. The van der Waals surface area contributed by atoms with E-state index in [-0.39, 0.29) is 29.3 Å². The number of carbonyl (C=O) groups excluding carboxylic acids is 2. The first-order valence-corrected chi connectivity index (χ1v) is 15.8. The van der Waals surface area contributed by atoms with Crippen LogP contribution in [0.15, 0.2) is 108 Å². The second kappa shape index (κ2) is 15.2. The number of sulfonamides is 1. The second-order valence-electron chi connectivity index (χ2n) is 10.1. The molecular weight excluding hydrogens is 597 g/mol. The SMILES string of the molecule is CCNC(=O)[C@H](Cc1ccccc1)N(Cc1ccc(F)cc1)C(=O)CN(c1ccccc1OC)S(=O)(=O)c1ccc(OC)cc1. The minimum atomic E-state index is -4.33. The Morgan fingerprint density at radius 2 is 1.47 bits per heavy atom. The molecule has 11 heteroatoms. The summed E-state index contributed by atoms with van der Waals surface area (Å²) in [7, 11) is -1.45. The van der Waals surface area contributed by atoms with Crippen molar-refractivity contribution in [1.29, 1.82) is 0 Å². The molecule has 1 N–H and O–H groups in total. The molecular formula is C34H36FN3O6S. The van der Waals surface area contributed by atoms with Crippen molar-refractivity contribution in [3.63, 3.8) is 0 Å². The maximum Gasteiger partial charge on any atom is 0.264 e. The highest BCUT2D eigenvalue weighted by Crippen LogP contribution is 2.33. The summed E-state index contributed by atoms with van der Waals surface area (Å²) < 4.78 is 53.8. The van der Waals surface area contributed by atoms with Gasteiger partial charge >= 0.3 is 0 Å². The van der Waals surface area contributed by atoms with Crippen LogP contribution >= 0.6 is 0 Å². The largest absolute Gasteiger partial charge is 0.497 e. The van der Waals surface area contributed by atoms with Gasteiger partial charge in [-0.3, -0.25) is 13.9 Å². The molecule has 45 heavy (non-hydrogen) atoms. The topological polar surface area (TPSA) is 105 Å². The van der Waals surface area contributed by atoms with E-state index in [9.17, 15) is 22.4 Å². The Balaban J connectivity index is 1.81. The first-order valence-electron chi connectivity index (χ1n) is 14.3. The molecule has 0 radical (unpaired) electrons. The van der Waals surface area contributed by atoms with E-state index >= 15 is 0 Å². The van der Waals surface area contributed by atoms with Crippen LogP contribution < -0.4 is 19.1 Å². The van der Waals surface area contributed by atoms with Gasteiger partial charge < -0.3 is 19.7 Å².